The highest BCUT2D eigenvalue weighted by Crippen LogP contribution is 2.36. The van der Waals surface area contributed by atoms with Crippen molar-refractivity contribution in [3.8, 4) is 17.1 Å². The van der Waals surface area contributed by atoms with Gasteiger partial charge >= 0.3 is 0 Å². The van der Waals surface area contributed by atoms with E-state index in [0.717, 1.165) is 0 Å². The van der Waals surface area contributed by atoms with E-state index in [-0.39, 0.29) is 16.9 Å². The van der Waals surface area contributed by atoms with E-state index in [1.807, 2.05) is 0 Å². The standard InChI is InChI=1S/C24H16Cl3NO4/c1-13(24(30)28-16-9-6-14(25)7-10-16)31-23-21(29)18-12-15(26)8-11-20(18)32-22(23)17-4-2-3-5-19(17)27/h2-13H,1H3,(H,28,30)/t13-/m0/s1. The van der Waals surface area contributed by atoms with E-state index in [1.165, 1.54) is 13.0 Å². The van der Waals surface area contributed by atoms with Crippen LogP contribution in [-0.2, 0) is 4.79 Å². The van der Waals surface area contributed by atoms with Crippen LogP contribution in [0.2, 0.25) is 15.1 Å². The molecule has 0 saturated heterocycles. The van der Waals surface area contributed by atoms with Crippen LogP contribution in [0.3, 0.4) is 0 Å². The molecule has 32 heavy (non-hydrogen) atoms. The van der Waals surface area contributed by atoms with Crippen LogP contribution in [-0.4, -0.2) is 12.0 Å². The first-order chi connectivity index (χ1) is 15.3. The SMILES string of the molecule is C[C@H](Oc1c(-c2ccccc2Cl)oc2ccc(Cl)cc2c1=O)C(=O)Nc1ccc(Cl)cc1. The number of hydrogen-bond acceptors (Lipinski definition) is 4. The summed E-state index contributed by atoms with van der Waals surface area (Å²) < 4.78 is 11.8. The lowest BCUT2D eigenvalue weighted by Gasteiger charge is -2.17. The van der Waals surface area contributed by atoms with E-state index in [0.29, 0.717) is 31.9 Å². The molecule has 1 atom stereocenters. The summed E-state index contributed by atoms with van der Waals surface area (Å²) in [5.74, 6) is -0.462. The molecule has 4 aromatic rings. The van der Waals surface area contributed by atoms with Gasteiger partial charge in [0.2, 0.25) is 11.2 Å². The maximum Gasteiger partial charge on any atom is 0.265 e. The van der Waals surface area contributed by atoms with Gasteiger partial charge in [0.1, 0.15) is 5.58 Å². The lowest BCUT2D eigenvalue weighted by molar-refractivity contribution is -0.122. The van der Waals surface area contributed by atoms with Crippen molar-refractivity contribution in [2.24, 2.45) is 0 Å². The van der Waals surface area contributed by atoms with Crippen LogP contribution in [0.15, 0.2) is 75.9 Å². The van der Waals surface area contributed by atoms with Crippen molar-refractivity contribution in [3.63, 3.8) is 0 Å². The number of halogens is 3. The molecular formula is C24H16Cl3NO4. The summed E-state index contributed by atoms with van der Waals surface area (Å²) in [5.41, 5.74) is 0.858. The van der Waals surface area contributed by atoms with Gasteiger partial charge in [-0.15, -0.1) is 0 Å². The zero-order valence-electron chi connectivity index (χ0n) is 16.7. The first kappa shape index (κ1) is 22.2. The maximum absolute atomic E-state index is 13.3. The fourth-order valence-corrected chi connectivity index (χ4v) is 3.61. The van der Waals surface area contributed by atoms with E-state index in [4.69, 9.17) is 44.0 Å². The van der Waals surface area contributed by atoms with Crippen LogP contribution >= 0.6 is 34.8 Å². The molecule has 3 aromatic carbocycles. The van der Waals surface area contributed by atoms with Gasteiger partial charge in [-0.1, -0.05) is 46.9 Å². The number of carbonyl (C=O) groups is 1. The van der Waals surface area contributed by atoms with E-state index < -0.39 is 17.4 Å². The van der Waals surface area contributed by atoms with Gasteiger partial charge in [-0.2, -0.15) is 0 Å². The van der Waals surface area contributed by atoms with E-state index in [9.17, 15) is 9.59 Å². The van der Waals surface area contributed by atoms with Crippen molar-refractivity contribution in [2.45, 2.75) is 13.0 Å². The van der Waals surface area contributed by atoms with Crippen molar-refractivity contribution in [2.75, 3.05) is 5.32 Å². The molecule has 0 aliphatic heterocycles. The summed E-state index contributed by atoms with van der Waals surface area (Å²) in [4.78, 5) is 26.0. The van der Waals surface area contributed by atoms with Gasteiger partial charge in [-0.05, 0) is 61.5 Å². The van der Waals surface area contributed by atoms with Gasteiger partial charge in [0.05, 0.1) is 10.4 Å². The molecule has 4 rings (SSSR count). The summed E-state index contributed by atoms with van der Waals surface area (Å²) in [7, 11) is 0. The van der Waals surface area contributed by atoms with Gasteiger partial charge < -0.3 is 14.5 Å². The quantitative estimate of drug-likeness (QED) is 0.334. The summed E-state index contributed by atoms with van der Waals surface area (Å²) in [6.07, 6.45) is -1.02. The van der Waals surface area contributed by atoms with Crippen LogP contribution in [0.25, 0.3) is 22.3 Å². The van der Waals surface area contributed by atoms with Gasteiger partial charge in [0.25, 0.3) is 5.91 Å². The van der Waals surface area contributed by atoms with Crippen LogP contribution in [0.1, 0.15) is 6.92 Å². The van der Waals surface area contributed by atoms with Crippen LogP contribution in [0, 0.1) is 0 Å². The monoisotopic (exact) mass is 487 g/mol. The Balaban J connectivity index is 1.76. The Labute approximate surface area is 198 Å². The minimum Gasteiger partial charge on any atom is -0.473 e. The molecule has 0 aliphatic carbocycles. The van der Waals surface area contributed by atoms with E-state index >= 15 is 0 Å². The smallest absolute Gasteiger partial charge is 0.265 e. The van der Waals surface area contributed by atoms with Crippen LogP contribution < -0.4 is 15.5 Å². The first-order valence-electron chi connectivity index (χ1n) is 9.58. The number of carbonyl (C=O) groups excluding carboxylic acids is 1. The van der Waals surface area contributed by atoms with Crippen LogP contribution in [0.4, 0.5) is 5.69 Å². The zero-order valence-corrected chi connectivity index (χ0v) is 19.0. The summed E-state index contributed by atoms with van der Waals surface area (Å²) in [6.45, 7) is 1.53. The van der Waals surface area contributed by atoms with Gasteiger partial charge in [-0.25, -0.2) is 0 Å². The lowest BCUT2D eigenvalue weighted by atomic mass is 10.1. The van der Waals surface area contributed by atoms with Crippen molar-refractivity contribution >= 4 is 57.4 Å². The second-order valence-electron chi connectivity index (χ2n) is 6.97. The molecule has 0 fully saturated rings. The molecule has 162 valence electrons. The topological polar surface area (TPSA) is 68.5 Å². The fraction of sp³-hybridized carbons (Fsp3) is 0.0833. The Hall–Kier alpha value is -2.99. The minimum atomic E-state index is -1.02. The largest absolute Gasteiger partial charge is 0.473 e. The number of nitrogens with one attached hydrogen (secondary N) is 1. The third-order valence-corrected chi connectivity index (χ3v) is 5.52. The van der Waals surface area contributed by atoms with Gasteiger partial charge in [0, 0.05) is 21.3 Å². The summed E-state index contributed by atoms with van der Waals surface area (Å²) in [5, 5.41) is 4.24. The molecule has 0 spiro atoms. The molecule has 0 unspecified atom stereocenters. The number of anilines is 1. The third kappa shape index (κ3) is 4.60. The fourth-order valence-electron chi connectivity index (χ4n) is 3.09. The Morgan fingerprint density at radius 1 is 0.969 bits per heavy atom. The number of amides is 1. The predicted octanol–water partition coefficient (Wildman–Crippen LogP) is 6.83. The average Bonchev–Trinajstić information content (AvgIpc) is 2.78. The molecule has 0 bridgehead atoms. The Bertz CT molecular complexity index is 1370. The number of hydrogen-bond donors (Lipinski definition) is 1. The Morgan fingerprint density at radius 2 is 1.66 bits per heavy atom. The highest BCUT2D eigenvalue weighted by molar-refractivity contribution is 6.33. The number of fused-ring (bicyclic) bond motifs is 1. The highest BCUT2D eigenvalue weighted by Gasteiger charge is 2.24. The number of rotatable bonds is 5. The minimum absolute atomic E-state index is 0.126. The van der Waals surface area contributed by atoms with Gasteiger partial charge in [-0.3, -0.25) is 9.59 Å². The van der Waals surface area contributed by atoms with E-state index in [2.05, 4.69) is 5.32 Å². The molecule has 0 radical (unpaired) electrons. The zero-order chi connectivity index (χ0) is 22.8. The summed E-state index contributed by atoms with van der Waals surface area (Å²) >= 11 is 18.3. The van der Waals surface area contributed by atoms with Crippen molar-refractivity contribution in [1.82, 2.24) is 0 Å². The van der Waals surface area contributed by atoms with Crippen LogP contribution in [0.5, 0.6) is 5.75 Å². The van der Waals surface area contributed by atoms with Gasteiger partial charge in [0.15, 0.2) is 11.9 Å². The second-order valence-corrected chi connectivity index (χ2v) is 8.25. The predicted molar refractivity (Wildman–Crippen MR) is 128 cm³/mol. The molecule has 5 nitrogen and oxygen atoms in total. The molecule has 1 heterocycles. The molecule has 0 aliphatic rings. The molecular weight excluding hydrogens is 473 g/mol. The Kier molecular flexibility index (Phi) is 6.42. The van der Waals surface area contributed by atoms with Crippen molar-refractivity contribution < 1.29 is 13.9 Å². The number of ether oxygens (including phenoxy) is 1. The molecule has 0 saturated carbocycles. The normalized spacial score (nSPS) is 11.9. The van der Waals surface area contributed by atoms with E-state index in [1.54, 1.807) is 60.7 Å². The average molecular weight is 489 g/mol. The lowest BCUT2D eigenvalue weighted by Crippen LogP contribution is -2.31. The molecule has 1 N–H and O–H groups in total. The molecule has 8 heteroatoms. The van der Waals surface area contributed by atoms with Crippen molar-refractivity contribution in [1.29, 1.82) is 0 Å². The Morgan fingerprint density at radius 3 is 2.38 bits per heavy atom. The molecule has 1 aromatic heterocycles. The highest BCUT2D eigenvalue weighted by atomic mass is 35.5. The third-order valence-electron chi connectivity index (χ3n) is 4.70. The summed E-state index contributed by atoms with van der Waals surface area (Å²) in [6, 6.07) is 18.2. The maximum atomic E-state index is 13.3. The van der Waals surface area contributed by atoms with Crippen molar-refractivity contribution in [3.05, 3.63) is 92.0 Å². The number of benzene rings is 3. The molecule has 1 amide bonds. The first-order valence-corrected chi connectivity index (χ1v) is 10.7. The second kappa shape index (κ2) is 9.25.